The number of rotatable bonds is 4. The first-order valence-electron chi connectivity index (χ1n) is 10.8. The number of hydrogen-bond acceptors (Lipinski definition) is 7. The molecular formula is C23H24F2N6O2. The third kappa shape index (κ3) is 3.84. The summed E-state index contributed by atoms with van der Waals surface area (Å²) < 4.78 is 30.3. The van der Waals surface area contributed by atoms with Crippen LogP contribution in [0.1, 0.15) is 19.3 Å². The molecule has 2 bridgehead atoms. The average molecular weight is 454 g/mol. The van der Waals surface area contributed by atoms with E-state index in [1.54, 1.807) is 24.1 Å². The second-order valence-electron chi connectivity index (χ2n) is 8.76. The normalized spacial score (nSPS) is 24.1. The van der Waals surface area contributed by atoms with E-state index in [2.05, 4.69) is 20.5 Å². The van der Waals surface area contributed by atoms with Crippen molar-refractivity contribution >= 4 is 5.82 Å². The predicted molar refractivity (Wildman–Crippen MR) is 119 cm³/mol. The lowest BCUT2D eigenvalue weighted by Gasteiger charge is -2.38. The van der Waals surface area contributed by atoms with Crippen LogP contribution in [-0.2, 0) is 7.05 Å². The van der Waals surface area contributed by atoms with E-state index in [1.807, 2.05) is 0 Å². The van der Waals surface area contributed by atoms with Gasteiger partial charge in [-0.05, 0) is 37.0 Å². The summed E-state index contributed by atoms with van der Waals surface area (Å²) in [5, 5.41) is 22.2. The minimum absolute atomic E-state index is 0.0904. The molecule has 1 aromatic carbocycles. The van der Waals surface area contributed by atoms with Gasteiger partial charge >= 0.3 is 0 Å². The number of benzene rings is 1. The molecule has 0 amide bonds. The van der Waals surface area contributed by atoms with E-state index in [0.717, 1.165) is 23.6 Å². The lowest BCUT2D eigenvalue weighted by atomic mass is 9.96. The quantitative estimate of drug-likeness (QED) is 0.625. The first kappa shape index (κ1) is 21.4. The lowest BCUT2D eigenvalue weighted by Crippen LogP contribution is -2.55. The van der Waals surface area contributed by atoms with E-state index < -0.39 is 12.0 Å². The molecule has 5 rings (SSSR count). The summed E-state index contributed by atoms with van der Waals surface area (Å²) in [7, 11) is 3.25. The van der Waals surface area contributed by atoms with Crippen molar-refractivity contribution in [3.05, 3.63) is 52.8 Å². The van der Waals surface area contributed by atoms with Crippen molar-refractivity contribution < 1.29 is 13.9 Å². The topological polar surface area (TPSA) is 96.2 Å². The van der Waals surface area contributed by atoms with Crippen molar-refractivity contribution in [1.82, 2.24) is 25.1 Å². The van der Waals surface area contributed by atoms with Gasteiger partial charge in [0.15, 0.2) is 11.6 Å². The van der Waals surface area contributed by atoms with Crippen molar-refractivity contribution in [1.29, 1.82) is 0 Å². The molecule has 0 aliphatic carbocycles. The molecule has 2 aliphatic rings. The largest absolute Gasteiger partial charge is 0.507 e. The van der Waals surface area contributed by atoms with Crippen molar-refractivity contribution in [3.63, 3.8) is 0 Å². The Labute approximate surface area is 188 Å². The van der Waals surface area contributed by atoms with Crippen molar-refractivity contribution in [2.75, 3.05) is 11.9 Å². The monoisotopic (exact) mass is 454 g/mol. The Bertz CT molecular complexity index is 1250. The molecular weight excluding hydrogens is 430 g/mol. The van der Waals surface area contributed by atoms with E-state index in [9.17, 15) is 18.7 Å². The van der Waals surface area contributed by atoms with Crippen LogP contribution in [0.5, 0.6) is 5.75 Å². The number of phenolic OH excluding ortho intramolecular Hbond substituents is 1. The molecule has 0 radical (unpaired) electrons. The number of aromatic hydroxyl groups is 1. The van der Waals surface area contributed by atoms with E-state index in [1.165, 1.54) is 25.4 Å². The first-order chi connectivity index (χ1) is 15.8. The molecule has 2 fully saturated rings. The number of hydrogen-bond donors (Lipinski definition) is 2. The standard InChI is InChI=1S/C23H24F2N6O2/c1-30-11-16(24)15(9-21(30)33)12-3-5-14(19(32)7-12)23-26-10-20(28-29-23)31(2)18-8-13-4-6-17(27-13)22(18)25/h3,5,7,9-11,13,17-18,22,27,32H,4,6,8H2,1-2H3/t13-,17+,18+,22-/m1/s1. The van der Waals surface area contributed by atoms with Gasteiger partial charge in [0.2, 0.25) is 0 Å². The Morgan fingerprint density at radius 1 is 1.21 bits per heavy atom. The fourth-order valence-corrected chi connectivity index (χ4v) is 4.78. The molecule has 4 heterocycles. The number of fused-ring (bicyclic) bond motifs is 2. The number of aryl methyl sites for hydroxylation is 1. The molecule has 10 heteroatoms. The summed E-state index contributed by atoms with van der Waals surface area (Å²) in [6, 6.07) is 5.55. The summed E-state index contributed by atoms with van der Waals surface area (Å²) in [5.41, 5.74) is 0.394. The summed E-state index contributed by atoms with van der Waals surface area (Å²) in [6.45, 7) is 0. The Kier molecular flexibility index (Phi) is 5.32. The van der Waals surface area contributed by atoms with Gasteiger partial charge in [0.25, 0.3) is 5.56 Å². The molecule has 0 unspecified atom stereocenters. The van der Waals surface area contributed by atoms with E-state index in [-0.39, 0.29) is 34.8 Å². The smallest absolute Gasteiger partial charge is 0.251 e. The highest BCUT2D eigenvalue weighted by molar-refractivity contribution is 5.73. The Morgan fingerprint density at radius 3 is 2.76 bits per heavy atom. The number of pyridine rings is 1. The van der Waals surface area contributed by atoms with Crippen LogP contribution in [0.2, 0.25) is 0 Å². The van der Waals surface area contributed by atoms with Crippen LogP contribution in [0.25, 0.3) is 22.5 Å². The number of aromatic nitrogens is 4. The molecule has 3 aromatic rings. The molecule has 4 atom stereocenters. The Balaban J connectivity index is 1.38. The molecule has 33 heavy (non-hydrogen) atoms. The van der Waals surface area contributed by atoms with Gasteiger partial charge < -0.3 is 19.9 Å². The molecule has 2 saturated heterocycles. The highest BCUT2D eigenvalue weighted by Crippen LogP contribution is 2.34. The van der Waals surface area contributed by atoms with Gasteiger partial charge in [-0.15, -0.1) is 10.2 Å². The van der Waals surface area contributed by atoms with Gasteiger partial charge in [-0.2, -0.15) is 0 Å². The van der Waals surface area contributed by atoms with Crippen LogP contribution >= 0.6 is 0 Å². The summed E-state index contributed by atoms with van der Waals surface area (Å²) in [6.07, 6.45) is 4.12. The van der Waals surface area contributed by atoms with Crippen LogP contribution in [0.15, 0.2) is 41.5 Å². The van der Waals surface area contributed by atoms with Crippen LogP contribution < -0.4 is 15.8 Å². The zero-order chi connectivity index (χ0) is 23.3. The van der Waals surface area contributed by atoms with E-state index >= 15 is 0 Å². The SMILES string of the molecule is CN(c1cnc(-c2ccc(-c3cc(=O)n(C)cc3F)cc2O)nn1)[C@H]1C[C@H]2CC[C@H](N2)[C@H]1F. The van der Waals surface area contributed by atoms with Crippen molar-refractivity contribution in [2.24, 2.45) is 7.05 Å². The molecule has 2 N–H and O–H groups in total. The zero-order valence-corrected chi connectivity index (χ0v) is 18.2. The Hall–Kier alpha value is -3.40. The van der Waals surface area contributed by atoms with Gasteiger partial charge in [-0.3, -0.25) is 4.79 Å². The number of nitrogens with one attached hydrogen (secondary N) is 1. The summed E-state index contributed by atoms with van der Waals surface area (Å²) >= 11 is 0. The zero-order valence-electron chi connectivity index (χ0n) is 18.2. The third-order valence-corrected chi connectivity index (χ3v) is 6.69. The van der Waals surface area contributed by atoms with Gasteiger partial charge in [-0.25, -0.2) is 13.8 Å². The number of nitrogens with zero attached hydrogens (tertiary/aromatic N) is 5. The molecule has 2 aromatic heterocycles. The van der Waals surface area contributed by atoms with Gasteiger partial charge in [0.1, 0.15) is 17.7 Å². The maximum Gasteiger partial charge on any atom is 0.251 e. The van der Waals surface area contributed by atoms with Crippen LogP contribution in [-0.4, -0.2) is 56.2 Å². The summed E-state index contributed by atoms with van der Waals surface area (Å²) in [5.74, 6) is -0.116. The molecule has 2 aliphatic heterocycles. The van der Waals surface area contributed by atoms with Crippen LogP contribution in [0, 0.1) is 5.82 Å². The van der Waals surface area contributed by atoms with Gasteiger partial charge in [0, 0.05) is 44.0 Å². The highest BCUT2D eigenvalue weighted by atomic mass is 19.1. The molecule has 8 nitrogen and oxygen atoms in total. The predicted octanol–water partition coefficient (Wildman–Crippen LogP) is 2.42. The lowest BCUT2D eigenvalue weighted by molar-refractivity contribution is 0.176. The average Bonchev–Trinajstić information content (AvgIpc) is 3.22. The molecule has 0 spiro atoms. The summed E-state index contributed by atoms with van der Waals surface area (Å²) in [4.78, 5) is 18.0. The maximum absolute atomic E-state index is 14.9. The van der Waals surface area contributed by atoms with E-state index in [4.69, 9.17) is 0 Å². The molecule has 172 valence electrons. The Morgan fingerprint density at radius 2 is 2.03 bits per heavy atom. The number of anilines is 1. The first-order valence-corrected chi connectivity index (χ1v) is 10.8. The fraction of sp³-hybridized carbons (Fsp3) is 0.391. The third-order valence-electron chi connectivity index (χ3n) is 6.69. The van der Waals surface area contributed by atoms with Crippen LogP contribution in [0.3, 0.4) is 0 Å². The van der Waals surface area contributed by atoms with Crippen LogP contribution in [0.4, 0.5) is 14.6 Å². The minimum atomic E-state index is -0.998. The van der Waals surface area contributed by atoms with E-state index in [0.29, 0.717) is 29.4 Å². The maximum atomic E-state index is 14.9. The van der Waals surface area contributed by atoms with Gasteiger partial charge in [-0.1, -0.05) is 6.07 Å². The number of halogens is 2. The minimum Gasteiger partial charge on any atom is -0.507 e. The van der Waals surface area contributed by atoms with Crippen molar-refractivity contribution in [2.45, 2.75) is 43.6 Å². The highest BCUT2D eigenvalue weighted by Gasteiger charge is 2.43. The van der Waals surface area contributed by atoms with Gasteiger partial charge in [0.05, 0.1) is 17.8 Å². The number of phenols is 1. The second kappa shape index (κ2) is 8.18. The van der Waals surface area contributed by atoms with Crippen molar-refractivity contribution in [3.8, 4) is 28.3 Å². The number of alkyl halides is 1. The molecule has 0 saturated carbocycles. The second-order valence-corrected chi connectivity index (χ2v) is 8.76. The number of piperidine rings is 1. The fourth-order valence-electron chi connectivity index (χ4n) is 4.78.